The van der Waals surface area contributed by atoms with Crippen LogP contribution in [-0.2, 0) is 0 Å². The van der Waals surface area contributed by atoms with Crippen molar-refractivity contribution in [2.75, 3.05) is 0 Å². The number of phenols is 1. The van der Waals surface area contributed by atoms with E-state index in [1.54, 1.807) is 12.4 Å². The molecule has 134 valence electrons. The molecule has 1 amide bonds. The molecular formula is C21H16ClN3O2. The van der Waals surface area contributed by atoms with Crippen molar-refractivity contribution >= 4 is 35.9 Å². The summed E-state index contributed by atoms with van der Waals surface area (Å²) in [6, 6.07) is 17.6. The van der Waals surface area contributed by atoms with Crippen LogP contribution in [-0.4, -0.2) is 22.2 Å². The Labute approximate surface area is 161 Å². The number of aromatic nitrogens is 1. The number of amides is 1. The Morgan fingerprint density at radius 2 is 1.81 bits per heavy atom. The van der Waals surface area contributed by atoms with E-state index in [9.17, 15) is 9.90 Å². The molecule has 6 heteroatoms. The molecular weight excluding hydrogens is 362 g/mol. The van der Waals surface area contributed by atoms with E-state index in [0.717, 1.165) is 16.8 Å². The predicted octanol–water partition coefficient (Wildman–Crippen LogP) is 4.37. The maximum absolute atomic E-state index is 12.0. The van der Waals surface area contributed by atoms with Crippen LogP contribution in [0.3, 0.4) is 0 Å². The second kappa shape index (κ2) is 8.78. The van der Waals surface area contributed by atoms with Gasteiger partial charge in [0, 0.05) is 11.8 Å². The lowest BCUT2D eigenvalue weighted by molar-refractivity contribution is 0.0955. The maximum atomic E-state index is 12.0. The van der Waals surface area contributed by atoms with Gasteiger partial charge >= 0.3 is 0 Å². The minimum absolute atomic E-state index is 0.0751. The fourth-order valence-electron chi connectivity index (χ4n) is 2.23. The second-order valence-electron chi connectivity index (χ2n) is 5.62. The average Bonchev–Trinajstić information content (AvgIpc) is 2.70. The van der Waals surface area contributed by atoms with Crippen LogP contribution in [0.25, 0.3) is 12.2 Å². The summed E-state index contributed by atoms with van der Waals surface area (Å²) in [5, 5.41) is 13.4. The first-order valence-electron chi connectivity index (χ1n) is 8.13. The van der Waals surface area contributed by atoms with Crippen LogP contribution in [0.2, 0.25) is 5.02 Å². The van der Waals surface area contributed by atoms with E-state index in [1.165, 1.54) is 18.2 Å². The number of pyridine rings is 1. The van der Waals surface area contributed by atoms with Crippen LogP contribution >= 0.6 is 11.6 Å². The molecule has 0 bridgehead atoms. The van der Waals surface area contributed by atoms with E-state index >= 15 is 0 Å². The number of aromatic hydroxyl groups is 1. The van der Waals surface area contributed by atoms with Gasteiger partial charge in [-0.05, 0) is 47.5 Å². The number of halogens is 1. The summed E-state index contributed by atoms with van der Waals surface area (Å²) in [7, 11) is 0. The van der Waals surface area contributed by atoms with Gasteiger partial charge in [0.2, 0.25) is 0 Å². The molecule has 5 nitrogen and oxygen atoms in total. The quantitative estimate of drug-likeness (QED) is 0.512. The number of carbonyl (C=O) groups is 1. The molecule has 0 unspecified atom stereocenters. The minimum Gasteiger partial charge on any atom is -0.506 e. The first-order chi connectivity index (χ1) is 13.1. The zero-order valence-corrected chi connectivity index (χ0v) is 15.0. The van der Waals surface area contributed by atoms with E-state index in [1.807, 2.05) is 54.6 Å². The number of hydrazone groups is 1. The summed E-state index contributed by atoms with van der Waals surface area (Å²) in [5.74, 6) is -0.489. The maximum Gasteiger partial charge on any atom is 0.271 e. The number of rotatable bonds is 5. The molecule has 0 aliphatic heterocycles. The normalized spacial score (nSPS) is 11.1. The minimum atomic E-state index is -0.414. The Balaban J connectivity index is 1.58. The highest BCUT2D eigenvalue weighted by Gasteiger charge is 2.07. The third kappa shape index (κ3) is 5.26. The highest BCUT2D eigenvalue weighted by Crippen LogP contribution is 2.23. The average molecular weight is 378 g/mol. The van der Waals surface area contributed by atoms with Crippen molar-refractivity contribution in [3.05, 3.63) is 94.3 Å². The summed E-state index contributed by atoms with van der Waals surface area (Å²) >= 11 is 5.79. The summed E-state index contributed by atoms with van der Waals surface area (Å²) in [4.78, 5) is 16.2. The summed E-state index contributed by atoms with van der Waals surface area (Å²) in [6.07, 6.45) is 7.21. The van der Waals surface area contributed by atoms with Crippen LogP contribution in [0.1, 0.15) is 27.2 Å². The molecule has 0 aliphatic carbocycles. The molecule has 27 heavy (non-hydrogen) atoms. The fourth-order valence-corrected chi connectivity index (χ4v) is 2.41. The zero-order valence-electron chi connectivity index (χ0n) is 14.2. The highest BCUT2D eigenvalue weighted by molar-refractivity contribution is 6.32. The van der Waals surface area contributed by atoms with Gasteiger partial charge in [-0.1, -0.05) is 48.0 Å². The van der Waals surface area contributed by atoms with Crippen LogP contribution in [0.4, 0.5) is 0 Å². The molecule has 0 saturated heterocycles. The van der Waals surface area contributed by atoms with Gasteiger partial charge in [-0.3, -0.25) is 9.78 Å². The van der Waals surface area contributed by atoms with Crippen molar-refractivity contribution in [2.24, 2.45) is 5.10 Å². The number of hydrogen-bond acceptors (Lipinski definition) is 4. The lowest BCUT2D eigenvalue weighted by atomic mass is 10.1. The monoisotopic (exact) mass is 377 g/mol. The van der Waals surface area contributed by atoms with E-state index in [4.69, 9.17) is 11.6 Å². The molecule has 0 fully saturated rings. The van der Waals surface area contributed by atoms with Gasteiger partial charge in [-0.2, -0.15) is 5.10 Å². The zero-order chi connectivity index (χ0) is 19.1. The Morgan fingerprint density at radius 1 is 1.04 bits per heavy atom. The Bertz CT molecular complexity index is 984. The van der Waals surface area contributed by atoms with E-state index in [2.05, 4.69) is 15.5 Å². The Hall–Kier alpha value is -3.44. The number of benzene rings is 2. The molecule has 1 aromatic heterocycles. The first-order valence-corrected chi connectivity index (χ1v) is 8.51. The third-order valence-electron chi connectivity index (χ3n) is 3.66. The number of carbonyl (C=O) groups excluding carboxylic acids is 1. The number of phenolic OH excluding ortho intramolecular Hbond substituents is 1. The van der Waals surface area contributed by atoms with Crippen molar-refractivity contribution in [1.29, 1.82) is 0 Å². The molecule has 3 aromatic rings. The van der Waals surface area contributed by atoms with E-state index < -0.39 is 5.91 Å². The highest BCUT2D eigenvalue weighted by atomic mass is 35.5. The molecule has 0 saturated carbocycles. The van der Waals surface area contributed by atoms with Crippen LogP contribution < -0.4 is 5.43 Å². The van der Waals surface area contributed by atoms with Crippen LogP contribution in [0.15, 0.2) is 72.0 Å². The van der Waals surface area contributed by atoms with Crippen molar-refractivity contribution < 1.29 is 9.90 Å². The summed E-state index contributed by atoms with van der Waals surface area (Å²) < 4.78 is 0. The van der Waals surface area contributed by atoms with Crippen molar-refractivity contribution in [3.8, 4) is 5.75 Å². The molecule has 0 radical (unpaired) electrons. The van der Waals surface area contributed by atoms with Gasteiger partial charge < -0.3 is 5.11 Å². The van der Waals surface area contributed by atoms with E-state index in [-0.39, 0.29) is 10.8 Å². The van der Waals surface area contributed by atoms with Gasteiger partial charge in [0.05, 0.1) is 16.9 Å². The summed E-state index contributed by atoms with van der Waals surface area (Å²) in [5.41, 5.74) is 5.49. The standard InChI is InChI=1S/C21H16ClN3O2/c22-19-13-17(9-11-20(19)26)21(27)25-24-14-16-6-4-15(5-7-16)8-10-18-3-1-2-12-23-18/h1-14,26H,(H,25,27). The third-order valence-corrected chi connectivity index (χ3v) is 3.96. The fraction of sp³-hybridized carbons (Fsp3) is 0. The molecule has 2 aromatic carbocycles. The topological polar surface area (TPSA) is 74.6 Å². The van der Waals surface area contributed by atoms with Gasteiger partial charge in [0.25, 0.3) is 5.91 Å². The number of hydrogen-bond donors (Lipinski definition) is 2. The smallest absolute Gasteiger partial charge is 0.271 e. The molecule has 0 spiro atoms. The van der Waals surface area contributed by atoms with Gasteiger partial charge in [0.15, 0.2) is 0 Å². The Morgan fingerprint density at radius 3 is 2.52 bits per heavy atom. The summed E-state index contributed by atoms with van der Waals surface area (Å²) in [6.45, 7) is 0. The van der Waals surface area contributed by atoms with Crippen molar-refractivity contribution in [3.63, 3.8) is 0 Å². The molecule has 1 heterocycles. The van der Waals surface area contributed by atoms with Gasteiger partial charge in [0.1, 0.15) is 5.75 Å². The molecule has 3 rings (SSSR count). The number of nitrogens with one attached hydrogen (secondary N) is 1. The largest absolute Gasteiger partial charge is 0.506 e. The molecule has 0 atom stereocenters. The van der Waals surface area contributed by atoms with Crippen molar-refractivity contribution in [2.45, 2.75) is 0 Å². The number of nitrogens with zero attached hydrogens (tertiary/aromatic N) is 2. The van der Waals surface area contributed by atoms with Gasteiger partial charge in [-0.25, -0.2) is 5.43 Å². The van der Waals surface area contributed by atoms with Crippen molar-refractivity contribution in [1.82, 2.24) is 10.4 Å². The predicted molar refractivity (Wildman–Crippen MR) is 108 cm³/mol. The molecule has 0 aliphatic rings. The lowest BCUT2D eigenvalue weighted by Crippen LogP contribution is -2.17. The SMILES string of the molecule is O=C(NN=Cc1ccc(C=Cc2ccccn2)cc1)c1ccc(O)c(Cl)c1. The van der Waals surface area contributed by atoms with Crippen LogP contribution in [0.5, 0.6) is 5.75 Å². The Kier molecular flexibility index (Phi) is 5.97. The second-order valence-corrected chi connectivity index (χ2v) is 6.03. The lowest BCUT2D eigenvalue weighted by Gasteiger charge is -2.02. The first kappa shape index (κ1) is 18.4. The van der Waals surface area contributed by atoms with E-state index in [0.29, 0.717) is 5.56 Å². The van der Waals surface area contributed by atoms with Gasteiger partial charge in [-0.15, -0.1) is 0 Å². The van der Waals surface area contributed by atoms with Crippen LogP contribution in [0, 0.1) is 0 Å². The molecule has 2 N–H and O–H groups in total.